The SMILES string of the molecule is CCCCOC(=O)c1ccccc1NC(=O)N1CCC2(CC1)C(=O)NCN2c1ccccc1. The molecule has 0 aromatic heterocycles. The van der Waals surface area contributed by atoms with E-state index in [1.54, 1.807) is 29.2 Å². The Bertz CT molecular complexity index is 1000. The van der Waals surface area contributed by atoms with Crippen LogP contribution in [0.3, 0.4) is 0 Å². The van der Waals surface area contributed by atoms with Crippen molar-refractivity contribution in [2.75, 3.05) is 36.6 Å². The predicted molar refractivity (Wildman–Crippen MR) is 126 cm³/mol. The first-order chi connectivity index (χ1) is 16.0. The van der Waals surface area contributed by atoms with Crippen LogP contribution in [0.4, 0.5) is 16.2 Å². The zero-order valence-electron chi connectivity index (χ0n) is 18.9. The number of nitrogens with one attached hydrogen (secondary N) is 2. The lowest BCUT2D eigenvalue weighted by Gasteiger charge is -2.43. The summed E-state index contributed by atoms with van der Waals surface area (Å²) in [6.07, 6.45) is 2.79. The van der Waals surface area contributed by atoms with Gasteiger partial charge in [-0.05, 0) is 43.5 Å². The fraction of sp³-hybridized carbons (Fsp3) is 0.400. The molecule has 33 heavy (non-hydrogen) atoms. The second kappa shape index (κ2) is 9.94. The number of nitrogens with zero attached hydrogens (tertiary/aromatic N) is 2. The van der Waals surface area contributed by atoms with Crippen LogP contribution in [0.15, 0.2) is 54.6 Å². The number of amides is 3. The summed E-state index contributed by atoms with van der Waals surface area (Å²) in [4.78, 5) is 42.0. The normalized spacial score (nSPS) is 17.1. The van der Waals surface area contributed by atoms with E-state index in [1.807, 2.05) is 37.3 Å². The van der Waals surface area contributed by atoms with Gasteiger partial charge in [0.25, 0.3) is 0 Å². The molecular weight excluding hydrogens is 420 g/mol. The lowest BCUT2D eigenvalue weighted by Crippen LogP contribution is -2.57. The Morgan fingerprint density at radius 1 is 1.06 bits per heavy atom. The summed E-state index contributed by atoms with van der Waals surface area (Å²) in [6.45, 7) is 3.71. The zero-order chi connectivity index (χ0) is 23.3. The van der Waals surface area contributed by atoms with Crippen LogP contribution in [0, 0.1) is 0 Å². The zero-order valence-corrected chi connectivity index (χ0v) is 18.9. The second-order valence-corrected chi connectivity index (χ2v) is 8.41. The summed E-state index contributed by atoms with van der Waals surface area (Å²) >= 11 is 0. The Balaban J connectivity index is 1.41. The molecule has 1 spiro atoms. The molecule has 2 N–H and O–H groups in total. The molecule has 2 saturated heterocycles. The van der Waals surface area contributed by atoms with Gasteiger partial charge in [-0.1, -0.05) is 43.7 Å². The van der Waals surface area contributed by atoms with E-state index in [9.17, 15) is 14.4 Å². The summed E-state index contributed by atoms with van der Waals surface area (Å²) < 4.78 is 5.31. The Kier molecular flexibility index (Phi) is 6.82. The smallest absolute Gasteiger partial charge is 0.340 e. The van der Waals surface area contributed by atoms with E-state index in [0.29, 0.717) is 50.5 Å². The molecule has 2 heterocycles. The number of piperidine rings is 1. The van der Waals surface area contributed by atoms with E-state index < -0.39 is 11.5 Å². The molecular formula is C25H30N4O4. The number of unbranched alkanes of at least 4 members (excludes halogenated alkanes) is 1. The number of benzene rings is 2. The lowest BCUT2D eigenvalue weighted by atomic mass is 9.85. The van der Waals surface area contributed by atoms with E-state index in [2.05, 4.69) is 15.5 Å². The van der Waals surface area contributed by atoms with E-state index in [4.69, 9.17) is 4.74 Å². The van der Waals surface area contributed by atoms with Crippen LogP contribution in [0.2, 0.25) is 0 Å². The second-order valence-electron chi connectivity index (χ2n) is 8.41. The first-order valence-corrected chi connectivity index (χ1v) is 11.5. The third-order valence-electron chi connectivity index (χ3n) is 6.40. The number of likely N-dealkylation sites (tertiary alicyclic amines) is 1. The fourth-order valence-electron chi connectivity index (χ4n) is 4.46. The van der Waals surface area contributed by atoms with Gasteiger partial charge in [-0.2, -0.15) is 0 Å². The van der Waals surface area contributed by atoms with Gasteiger partial charge >= 0.3 is 12.0 Å². The molecule has 2 fully saturated rings. The van der Waals surface area contributed by atoms with Crippen molar-refractivity contribution < 1.29 is 19.1 Å². The molecule has 2 aliphatic heterocycles. The highest BCUT2D eigenvalue weighted by atomic mass is 16.5. The third-order valence-corrected chi connectivity index (χ3v) is 6.40. The van der Waals surface area contributed by atoms with Gasteiger partial charge in [0.2, 0.25) is 5.91 Å². The topological polar surface area (TPSA) is 91.0 Å². The molecule has 174 valence electrons. The van der Waals surface area contributed by atoms with Gasteiger partial charge in [0.1, 0.15) is 5.54 Å². The lowest BCUT2D eigenvalue weighted by molar-refractivity contribution is -0.124. The van der Waals surface area contributed by atoms with Gasteiger partial charge in [0.05, 0.1) is 24.5 Å². The maximum atomic E-state index is 13.0. The summed E-state index contributed by atoms with van der Waals surface area (Å²) in [7, 11) is 0. The van der Waals surface area contributed by atoms with Crippen molar-refractivity contribution in [2.24, 2.45) is 0 Å². The van der Waals surface area contributed by atoms with Crippen molar-refractivity contribution in [1.29, 1.82) is 0 Å². The molecule has 8 nitrogen and oxygen atoms in total. The quantitative estimate of drug-likeness (QED) is 0.518. The van der Waals surface area contributed by atoms with E-state index in [0.717, 1.165) is 18.5 Å². The average molecular weight is 451 g/mol. The van der Waals surface area contributed by atoms with Crippen LogP contribution in [0.25, 0.3) is 0 Å². The van der Waals surface area contributed by atoms with E-state index in [-0.39, 0.29) is 11.9 Å². The number of rotatable bonds is 6. The van der Waals surface area contributed by atoms with Crippen molar-refractivity contribution in [3.8, 4) is 0 Å². The highest BCUT2D eigenvalue weighted by Crippen LogP contribution is 2.36. The van der Waals surface area contributed by atoms with Crippen molar-refractivity contribution in [2.45, 2.75) is 38.1 Å². The maximum absolute atomic E-state index is 13.0. The van der Waals surface area contributed by atoms with Gasteiger partial charge in [0, 0.05) is 18.8 Å². The minimum atomic E-state index is -0.654. The molecule has 8 heteroatoms. The number of carbonyl (C=O) groups is 3. The Morgan fingerprint density at radius 3 is 2.48 bits per heavy atom. The number of hydrogen-bond donors (Lipinski definition) is 2. The van der Waals surface area contributed by atoms with Gasteiger partial charge < -0.3 is 25.2 Å². The Hall–Kier alpha value is -3.55. The largest absolute Gasteiger partial charge is 0.462 e. The molecule has 2 aromatic carbocycles. The van der Waals surface area contributed by atoms with E-state index >= 15 is 0 Å². The van der Waals surface area contributed by atoms with Crippen molar-refractivity contribution in [3.63, 3.8) is 0 Å². The first-order valence-electron chi connectivity index (χ1n) is 11.5. The van der Waals surface area contributed by atoms with E-state index in [1.165, 1.54) is 0 Å². The molecule has 2 aromatic rings. The summed E-state index contributed by atoms with van der Waals surface area (Å²) in [5.41, 5.74) is 1.10. The molecule has 0 atom stereocenters. The number of hydrogen-bond acceptors (Lipinski definition) is 5. The molecule has 3 amide bonds. The van der Waals surface area contributed by atoms with Crippen LogP contribution in [0.1, 0.15) is 43.0 Å². The molecule has 0 aliphatic carbocycles. The van der Waals surface area contributed by atoms with Crippen molar-refractivity contribution >= 4 is 29.3 Å². The number of carbonyl (C=O) groups excluding carboxylic acids is 3. The van der Waals surface area contributed by atoms with Crippen LogP contribution >= 0.6 is 0 Å². The molecule has 0 bridgehead atoms. The van der Waals surface area contributed by atoms with Gasteiger partial charge in [0.15, 0.2) is 0 Å². The highest BCUT2D eigenvalue weighted by molar-refractivity contribution is 6.01. The number of para-hydroxylation sites is 2. The minimum absolute atomic E-state index is 0.00609. The van der Waals surface area contributed by atoms with Crippen LogP contribution < -0.4 is 15.5 Å². The monoisotopic (exact) mass is 450 g/mol. The molecule has 2 aliphatic rings. The summed E-state index contributed by atoms with van der Waals surface area (Å²) in [6, 6.07) is 16.4. The van der Waals surface area contributed by atoms with Crippen LogP contribution in [-0.2, 0) is 9.53 Å². The minimum Gasteiger partial charge on any atom is -0.462 e. The first kappa shape index (κ1) is 22.6. The standard InChI is InChI=1S/C25H30N4O4/c1-2-3-17-33-22(30)20-11-7-8-12-21(20)27-24(32)28-15-13-25(14-16-28)23(31)26-18-29(25)19-9-5-4-6-10-19/h4-12H,2-3,13-18H2,1H3,(H,26,31)(H,27,32). The summed E-state index contributed by atoms with van der Waals surface area (Å²) in [5, 5.41) is 5.83. The summed E-state index contributed by atoms with van der Waals surface area (Å²) in [5.74, 6) is -0.440. The van der Waals surface area contributed by atoms with Gasteiger partial charge in [-0.3, -0.25) is 4.79 Å². The predicted octanol–water partition coefficient (Wildman–Crippen LogP) is 3.60. The molecule has 0 radical (unpaired) electrons. The highest BCUT2D eigenvalue weighted by Gasteiger charge is 2.50. The van der Waals surface area contributed by atoms with Gasteiger partial charge in [-0.15, -0.1) is 0 Å². The maximum Gasteiger partial charge on any atom is 0.340 e. The number of anilines is 2. The van der Waals surface area contributed by atoms with Gasteiger partial charge in [-0.25, -0.2) is 9.59 Å². The average Bonchev–Trinajstić information content (AvgIpc) is 3.15. The number of urea groups is 1. The van der Waals surface area contributed by atoms with Crippen LogP contribution in [0.5, 0.6) is 0 Å². The Morgan fingerprint density at radius 2 is 1.76 bits per heavy atom. The molecule has 0 saturated carbocycles. The molecule has 0 unspecified atom stereocenters. The third kappa shape index (κ3) is 4.65. The Labute approximate surface area is 193 Å². The fourth-order valence-corrected chi connectivity index (χ4v) is 4.46. The molecule has 4 rings (SSSR count). The van der Waals surface area contributed by atoms with Crippen LogP contribution in [-0.4, -0.2) is 54.7 Å². The van der Waals surface area contributed by atoms with Crippen molar-refractivity contribution in [3.05, 3.63) is 60.2 Å². The number of ether oxygens (including phenoxy) is 1. The van der Waals surface area contributed by atoms with Crippen molar-refractivity contribution in [1.82, 2.24) is 10.2 Å². The number of esters is 1.